The van der Waals surface area contributed by atoms with Crippen LogP contribution in [0.3, 0.4) is 0 Å². The van der Waals surface area contributed by atoms with E-state index in [4.69, 9.17) is 14.2 Å². The maximum Gasteiger partial charge on any atom is 0.169 e. The Bertz CT molecular complexity index is 120. The number of rotatable bonds is 4. The van der Waals surface area contributed by atoms with Crippen molar-refractivity contribution in [1.29, 1.82) is 0 Å². The van der Waals surface area contributed by atoms with E-state index in [1.54, 1.807) is 14.2 Å². The molecule has 78 valence electrons. The van der Waals surface area contributed by atoms with Crippen LogP contribution in [-0.2, 0) is 14.2 Å². The summed E-state index contributed by atoms with van der Waals surface area (Å²) in [5.41, 5.74) is 0. The minimum absolute atomic E-state index is 0.113. The Labute approximate surface area is 79.8 Å². The zero-order chi connectivity index (χ0) is 9.52. The maximum absolute atomic E-state index is 5.35. The van der Waals surface area contributed by atoms with Gasteiger partial charge in [-0.05, 0) is 6.42 Å². The Hall–Kier alpha value is -0.160. The molecule has 1 aliphatic rings. The van der Waals surface area contributed by atoms with E-state index >= 15 is 0 Å². The minimum Gasteiger partial charge on any atom is -0.380 e. The van der Waals surface area contributed by atoms with Gasteiger partial charge in [-0.2, -0.15) is 0 Å². The van der Waals surface area contributed by atoms with E-state index in [0.717, 1.165) is 39.3 Å². The first kappa shape index (κ1) is 10.9. The van der Waals surface area contributed by atoms with Crippen LogP contribution in [0.2, 0.25) is 0 Å². The summed E-state index contributed by atoms with van der Waals surface area (Å²) < 4.78 is 15.6. The molecule has 0 aromatic carbocycles. The highest BCUT2D eigenvalue weighted by molar-refractivity contribution is 4.62. The number of nitrogens with zero attached hydrogens (tertiary/aromatic N) is 1. The molecule has 1 saturated heterocycles. The van der Waals surface area contributed by atoms with Gasteiger partial charge in [0.05, 0.1) is 6.61 Å². The molecule has 0 N–H and O–H groups in total. The third-order valence-electron chi connectivity index (χ3n) is 2.25. The van der Waals surface area contributed by atoms with Gasteiger partial charge in [0.25, 0.3) is 0 Å². The Kier molecular flexibility index (Phi) is 5.31. The first-order chi connectivity index (χ1) is 6.36. The fraction of sp³-hybridized carbons (Fsp3) is 1.00. The molecule has 0 spiro atoms. The van der Waals surface area contributed by atoms with Crippen LogP contribution in [0.1, 0.15) is 6.42 Å². The summed E-state index contributed by atoms with van der Waals surface area (Å²) in [6.45, 7) is 4.57. The van der Waals surface area contributed by atoms with Crippen molar-refractivity contribution in [2.75, 3.05) is 47.1 Å². The summed E-state index contributed by atoms with van der Waals surface area (Å²) in [6, 6.07) is 0. The van der Waals surface area contributed by atoms with Crippen LogP contribution >= 0.6 is 0 Å². The van der Waals surface area contributed by atoms with Gasteiger partial charge in [0, 0.05) is 40.5 Å². The third-order valence-corrected chi connectivity index (χ3v) is 2.25. The van der Waals surface area contributed by atoms with Gasteiger partial charge in [-0.3, -0.25) is 4.90 Å². The van der Waals surface area contributed by atoms with Crippen LogP contribution in [-0.4, -0.2) is 58.3 Å². The maximum atomic E-state index is 5.35. The molecule has 0 aromatic rings. The van der Waals surface area contributed by atoms with Crippen LogP contribution in [0.5, 0.6) is 0 Å². The predicted octanol–water partition coefficient (Wildman–Crippen LogP) is 0.328. The average Bonchev–Trinajstić information content (AvgIpc) is 2.42. The molecule has 0 amide bonds. The summed E-state index contributed by atoms with van der Waals surface area (Å²) in [5.74, 6) is 0. The smallest absolute Gasteiger partial charge is 0.169 e. The second-order valence-corrected chi connectivity index (χ2v) is 3.17. The summed E-state index contributed by atoms with van der Waals surface area (Å²) in [7, 11) is 3.34. The van der Waals surface area contributed by atoms with E-state index < -0.39 is 0 Å². The van der Waals surface area contributed by atoms with Crippen LogP contribution in [0.4, 0.5) is 0 Å². The predicted molar refractivity (Wildman–Crippen MR) is 49.7 cm³/mol. The van der Waals surface area contributed by atoms with Crippen molar-refractivity contribution in [1.82, 2.24) is 4.90 Å². The van der Waals surface area contributed by atoms with Gasteiger partial charge < -0.3 is 14.2 Å². The summed E-state index contributed by atoms with van der Waals surface area (Å²) in [6.07, 6.45) is 0.984. The van der Waals surface area contributed by atoms with Crippen LogP contribution in [0.15, 0.2) is 0 Å². The number of hydrogen-bond donors (Lipinski definition) is 0. The quantitative estimate of drug-likeness (QED) is 0.596. The van der Waals surface area contributed by atoms with Crippen molar-refractivity contribution in [2.24, 2.45) is 0 Å². The highest BCUT2D eigenvalue weighted by Gasteiger charge is 2.14. The molecular formula is C9H19NO3. The molecule has 0 bridgehead atoms. The standard InChI is InChI=1S/C9H19NO3/c1-11-9(12-2)8-10-4-3-6-13-7-5-10/h9H,3-8H2,1-2H3. The molecule has 13 heavy (non-hydrogen) atoms. The van der Waals surface area contributed by atoms with E-state index in [0.29, 0.717) is 0 Å². The van der Waals surface area contributed by atoms with E-state index in [-0.39, 0.29) is 6.29 Å². The highest BCUT2D eigenvalue weighted by atomic mass is 16.7. The molecular weight excluding hydrogens is 170 g/mol. The SMILES string of the molecule is COC(CN1CCCOCC1)OC. The normalized spacial score (nSPS) is 20.5. The fourth-order valence-corrected chi connectivity index (χ4v) is 1.44. The molecule has 1 fully saturated rings. The van der Waals surface area contributed by atoms with E-state index in [1.165, 1.54) is 0 Å². The molecule has 0 aliphatic carbocycles. The first-order valence-electron chi connectivity index (χ1n) is 4.72. The summed E-state index contributed by atoms with van der Waals surface area (Å²) in [5, 5.41) is 0. The lowest BCUT2D eigenvalue weighted by Gasteiger charge is -2.23. The molecule has 0 aromatic heterocycles. The second-order valence-electron chi connectivity index (χ2n) is 3.17. The van der Waals surface area contributed by atoms with E-state index in [9.17, 15) is 0 Å². The molecule has 1 aliphatic heterocycles. The van der Waals surface area contributed by atoms with Gasteiger partial charge in [0.1, 0.15) is 0 Å². The van der Waals surface area contributed by atoms with Gasteiger partial charge in [-0.15, -0.1) is 0 Å². The lowest BCUT2D eigenvalue weighted by molar-refractivity contribution is -0.116. The monoisotopic (exact) mass is 189 g/mol. The molecule has 0 unspecified atom stereocenters. The molecule has 0 atom stereocenters. The molecule has 1 heterocycles. The third kappa shape index (κ3) is 4.04. The Morgan fingerprint density at radius 1 is 1.23 bits per heavy atom. The Morgan fingerprint density at radius 2 is 2.00 bits per heavy atom. The summed E-state index contributed by atoms with van der Waals surface area (Å²) >= 11 is 0. The number of methoxy groups -OCH3 is 2. The van der Waals surface area contributed by atoms with Crippen molar-refractivity contribution in [3.05, 3.63) is 0 Å². The molecule has 0 radical (unpaired) electrons. The van der Waals surface area contributed by atoms with Crippen molar-refractivity contribution < 1.29 is 14.2 Å². The van der Waals surface area contributed by atoms with Gasteiger partial charge in [0.15, 0.2) is 6.29 Å². The van der Waals surface area contributed by atoms with Crippen LogP contribution < -0.4 is 0 Å². The highest BCUT2D eigenvalue weighted by Crippen LogP contribution is 2.02. The number of hydrogen-bond acceptors (Lipinski definition) is 4. The van der Waals surface area contributed by atoms with Crippen LogP contribution in [0.25, 0.3) is 0 Å². The van der Waals surface area contributed by atoms with Gasteiger partial charge >= 0.3 is 0 Å². The van der Waals surface area contributed by atoms with Gasteiger partial charge in [0.2, 0.25) is 0 Å². The van der Waals surface area contributed by atoms with E-state index in [1.807, 2.05) is 0 Å². The average molecular weight is 189 g/mol. The molecule has 0 saturated carbocycles. The van der Waals surface area contributed by atoms with Crippen molar-refractivity contribution in [3.8, 4) is 0 Å². The Morgan fingerprint density at radius 3 is 2.69 bits per heavy atom. The van der Waals surface area contributed by atoms with E-state index in [2.05, 4.69) is 4.90 Å². The largest absolute Gasteiger partial charge is 0.380 e. The second kappa shape index (κ2) is 6.32. The lowest BCUT2D eigenvalue weighted by Crippen LogP contribution is -2.36. The first-order valence-corrected chi connectivity index (χ1v) is 4.72. The Balaban J connectivity index is 2.24. The zero-order valence-electron chi connectivity index (χ0n) is 8.49. The van der Waals surface area contributed by atoms with Crippen molar-refractivity contribution >= 4 is 0 Å². The number of ether oxygens (including phenoxy) is 3. The topological polar surface area (TPSA) is 30.9 Å². The minimum atomic E-state index is -0.113. The lowest BCUT2D eigenvalue weighted by atomic mass is 10.4. The van der Waals surface area contributed by atoms with Crippen molar-refractivity contribution in [2.45, 2.75) is 12.7 Å². The van der Waals surface area contributed by atoms with Gasteiger partial charge in [-0.25, -0.2) is 0 Å². The fourth-order valence-electron chi connectivity index (χ4n) is 1.44. The van der Waals surface area contributed by atoms with Crippen LogP contribution in [0, 0.1) is 0 Å². The molecule has 1 rings (SSSR count). The molecule has 4 nitrogen and oxygen atoms in total. The molecule has 4 heteroatoms. The van der Waals surface area contributed by atoms with Crippen molar-refractivity contribution in [3.63, 3.8) is 0 Å². The zero-order valence-corrected chi connectivity index (χ0v) is 8.49. The summed E-state index contributed by atoms with van der Waals surface area (Å²) in [4.78, 5) is 2.31. The van der Waals surface area contributed by atoms with Gasteiger partial charge in [-0.1, -0.05) is 0 Å².